The van der Waals surface area contributed by atoms with Crippen LogP contribution in [0.15, 0.2) is 30.3 Å². The van der Waals surface area contributed by atoms with E-state index in [0.717, 1.165) is 62.5 Å². The first-order chi connectivity index (χ1) is 13.6. The van der Waals surface area contributed by atoms with E-state index in [1.165, 1.54) is 0 Å². The summed E-state index contributed by atoms with van der Waals surface area (Å²) in [5.74, 6) is 2.16. The lowest BCUT2D eigenvalue weighted by Gasteiger charge is -2.37. The molecule has 0 spiro atoms. The van der Waals surface area contributed by atoms with Gasteiger partial charge in [0, 0.05) is 42.8 Å². The van der Waals surface area contributed by atoms with Gasteiger partial charge in [-0.3, -0.25) is 0 Å². The van der Waals surface area contributed by atoms with Gasteiger partial charge in [-0.15, -0.1) is 0 Å². The Morgan fingerprint density at radius 1 is 1.11 bits per heavy atom. The maximum Gasteiger partial charge on any atom is 0.181 e. The highest BCUT2D eigenvalue weighted by molar-refractivity contribution is 5.54. The fourth-order valence-corrected chi connectivity index (χ4v) is 4.44. The maximum atomic E-state index is 10.6. The average Bonchev–Trinajstić information content (AvgIpc) is 3.17. The van der Waals surface area contributed by atoms with Gasteiger partial charge in [-0.2, -0.15) is 5.10 Å². The highest BCUT2D eigenvalue weighted by atomic mass is 16.5. The van der Waals surface area contributed by atoms with Crippen LogP contribution in [0.25, 0.3) is 11.4 Å². The second-order valence-corrected chi connectivity index (χ2v) is 8.44. The van der Waals surface area contributed by atoms with Gasteiger partial charge in [0.2, 0.25) is 0 Å². The third kappa shape index (κ3) is 4.29. The van der Waals surface area contributed by atoms with E-state index in [4.69, 9.17) is 14.8 Å². The number of hydrogen-bond donors (Lipinski definition) is 2. The minimum Gasteiger partial charge on any atom is -0.392 e. The first-order valence-electron chi connectivity index (χ1n) is 10.7. The molecule has 0 amide bonds. The van der Waals surface area contributed by atoms with E-state index in [-0.39, 0.29) is 18.2 Å². The van der Waals surface area contributed by atoms with Crippen LogP contribution in [0, 0.1) is 0 Å². The lowest BCUT2D eigenvalue weighted by Crippen LogP contribution is -2.50. The van der Waals surface area contributed by atoms with Gasteiger partial charge in [-0.1, -0.05) is 30.3 Å². The summed E-state index contributed by atoms with van der Waals surface area (Å²) >= 11 is 0. The Kier molecular flexibility index (Phi) is 6.09. The topological polar surface area (TPSA) is 72.2 Å². The van der Waals surface area contributed by atoms with E-state index >= 15 is 0 Å². The summed E-state index contributed by atoms with van der Waals surface area (Å²) in [5, 5.41) is 19.1. The monoisotopic (exact) mass is 384 g/mol. The largest absolute Gasteiger partial charge is 0.392 e. The van der Waals surface area contributed by atoms with Crippen molar-refractivity contribution in [2.24, 2.45) is 0 Å². The summed E-state index contributed by atoms with van der Waals surface area (Å²) in [6.45, 7) is 5.93. The van der Waals surface area contributed by atoms with Gasteiger partial charge in [0.25, 0.3) is 0 Å². The van der Waals surface area contributed by atoms with Crippen LogP contribution in [0.3, 0.4) is 0 Å². The zero-order chi connectivity index (χ0) is 19.5. The molecule has 152 valence electrons. The molecular formula is C22H32N4O2. The molecule has 1 aromatic heterocycles. The second kappa shape index (κ2) is 8.72. The van der Waals surface area contributed by atoms with Crippen molar-refractivity contribution >= 4 is 0 Å². The molecule has 1 aliphatic carbocycles. The summed E-state index contributed by atoms with van der Waals surface area (Å²) in [6.07, 6.45) is 4.41. The third-order valence-corrected chi connectivity index (χ3v) is 6.03. The molecule has 6 heteroatoms. The lowest BCUT2D eigenvalue weighted by atomic mass is 9.82. The quantitative estimate of drug-likeness (QED) is 0.828. The smallest absolute Gasteiger partial charge is 0.181 e. The number of aliphatic hydroxyl groups is 1. The first-order valence-corrected chi connectivity index (χ1v) is 10.7. The van der Waals surface area contributed by atoms with E-state index in [1.807, 2.05) is 18.2 Å². The molecular weight excluding hydrogens is 352 g/mol. The predicted molar refractivity (Wildman–Crippen MR) is 109 cm³/mol. The van der Waals surface area contributed by atoms with Gasteiger partial charge >= 0.3 is 0 Å². The normalized spacial score (nSPS) is 26.6. The molecule has 2 N–H and O–H groups in total. The zero-order valence-corrected chi connectivity index (χ0v) is 16.9. The SMILES string of the molecule is CC(C)n1nc(-c2ccccc2)nc1[C@H]1CC[C@@H](O)[C@H](NC2CCOCC2)C1. The summed E-state index contributed by atoms with van der Waals surface area (Å²) in [7, 11) is 0. The Morgan fingerprint density at radius 2 is 1.86 bits per heavy atom. The molecule has 6 nitrogen and oxygen atoms in total. The van der Waals surface area contributed by atoms with Crippen molar-refractivity contribution in [3.8, 4) is 11.4 Å². The fraction of sp³-hybridized carbons (Fsp3) is 0.636. The Balaban J connectivity index is 1.54. The van der Waals surface area contributed by atoms with Crippen molar-refractivity contribution in [3.63, 3.8) is 0 Å². The Labute approximate surface area is 167 Å². The van der Waals surface area contributed by atoms with Crippen LogP contribution >= 0.6 is 0 Å². The Morgan fingerprint density at radius 3 is 2.57 bits per heavy atom. The van der Waals surface area contributed by atoms with Crippen molar-refractivity contribution in [2.45, 2.75) is 76.1 Å². The third-order valence-electron chi connectivity index (χ3n) is 6.03. The van der Waals surface area contributed by atoms with Gasteiger partial charge in [0.1, 0.15) is 5.82 Å². The molecule has 0 bridgehead atoms. The molecule has 3 atom stereocenters. The molecule has 2 aliphatic rings. The molecule has 1 aromatic carbocycles. The highest BCUT2D eigenvalue weighted by Gasteiger charge is 2.34. The van der Waals surface area contributed by atoms with Gasteiger partial charge < -0.3 is 15.2 Å². The number of aliphatic hydroxyl groups excluding tert-OH is 1. The van der Waals surface area contributed by atoms with Gasteiger partial charge in [-0.05, 0) is 46.0 Å². The summed E-state index contributed by atoms with van der Waals surface area (Å²) < 4.78 is 7.55. The molecule has 1 aliphatic heterocycles. The fourth-order valence-electron chi connectivity index (χ4n) is 4.44. The van der Waals surface area contributed by atoms with Crippen LogP contribution in [0.2, 0.25) is 0 Å². The minimum atomic E-state index is -0.289. The number of nitrogens with one attached hydrogen (secondary N) is 1. The van der Waals surface area contributed by atoms with Crippen LogP contribution in [0.1, 0.15) is 63.7 Å². The zero-order valence-electron chi connectivity index (χ0n) is 16.9. The van der Waals surface area contributed by atoms with Crippen LogP contribution in [-0.2, 0) is 4.74 Å². The van der Waals surface area contributed by atoms with Crippen molar-refractivity contribution in [3.05, 3.63) is 36.2 Å². The van der Waals surface area contributed by atoms with Gasteiger partial charge in [0.05, 0.1) is 6.10 Å². The molecule has 28 heavy (non-hydrogen) atoms. The number of nitrogens with zero attached hydrogens (tertiary/aromatic N) is 3. The van der Waals surface area contributed by atoms with E-state index < -0.39 is 0 Å². The standard InChI is InChI=1S/C22H32N4O2/c1-15(2)26-22(24-21(25-26)16-6-4-3-5-7-16)17-8-9-20(27)19(14-17)23-18-10-12-28-13-11-18/h3-7,15,17-20,23,27H,8-14H2,1-2H3/t17-,19+,20+/m0/s1. The number of rotatable bonds is 5. The van der Waals surface area contributed by atoms with Crippen LogP contribution in [-0.4, -0.2) is 51.3 Å². The Bertz CT molecular complexity index is 755. The molecule has 2 aromatic rings. The molecule has 2 heterocycles. The molecule has 1 saturated heterocycles. The summed E-state index contributed by atoms with van der Waals surface area (Å²) in [5.41, 5.74) is 1.05. The average molecular weight is 385 g/mol. The molecule has 0 radical (unpaired) electrons. The number of benzene rings is 1. The van der Waals surface area contributed by atoms with Gasteiger partial charge in [-0.25, -0.2) is 9.67 Å². The van der Waals surface area contributed by atoms with Gasteiger partial charge in [0.15, 0.2) is 5.82 Å². The molecule has 1 saturated carbocycles. The Hall–Kier alpha value is -1.76. The van der Waals surface area contributed by atoms with Crippen LogP contribution in [0.4, 0.5) is 0 Å². The first kappa shape index (κ1) is 19.6. The predicted octanol–water partition coefficient (Wildman–Crippen LogP) is 3.29. The molecule has 4 rings (SSSR count). The van der Waals surface area contributed by atoms with Crippen molar-refractivity contribution in [2.75, 3.05) is 13.2 Å². The van der Waals surface area contributed by atoms with Crippen LogP contribution < -0.4 is 5.32 Å². The summed E-state index contributed by atoms with van der Waals surface area (Å²) in [4.78, 5) is 4.95. The maximum absolute atomic E-state index is 10.6. The molecule has 2 fully saturated rings. The lowest BCUT2D eigenvalue weighted by molar-refractivity contribution is 0.0443. The van der Waals surface area contributed by atoms with Crippen molar-refractivity contribution in [1.82, 2.24) is 20.1 Å². The number of ether oxygens (including phenoxy) is 1. The number of hydrogen-bond acceptors (Lipinski definition) is 5. The van der Waals surface area contributed by atoms with E-state index in [2.05, 4.69) is 36.0 Å². The van der Waals surface area contributed by atoms with Crippen molar-refractivity contribution < 1.29 is 9.84 Å². The highest BCUT2D eigenvalue weighted by Crippen LogP contribution is 2.35. The molecule has 0 unspecified atom stereocenters. The van der Waals surface area contributed by atoms with Crippen molar-refractivity contribution in [1.29, 1.82) is 0 Å². The number of aromatic nitrogens is 3. The van der Waals surface area contributed by atoms with E-state index in [0.29, 0.717) is 12.0 Å². The van der Waals surface area contributed by atoms with Crippen LogP contribution in [0.5, 0.6) is 0 Å². The minimum absolute atomic E-state index is 0.110. The van der Waals surface area contributed by atoms with E-state index in [1.54, 1.807) is 0 Å². The second-order valence-electron chi connectivity index (χ2n) is 8.44. The van der Waals surface area contributed by atoms with E-state index in [9.17, 15) is 5.11 Å². The summed E-state index contributed by atoms with van der Waals surface area (Å²) in [6, 6.07) is 11.0.